The molecule has 1 aromatic rings. The van der Waals surface area contributed by atoms with E-state index in [1.165, 1.54) is 70.6 Å². The zero-order valence-electron chi connectivity index (χ0n) is 19.1. The van der Waals surface area contributed by atoms with E-state index in [1.54, 1.807) is 0 Å². The minimum absolute atomic E-state index is 0.109. The lowest BCUT2D eigenvalue weighted by atomic mass is 9.85. The van der Waals surface area contributed by atoms with E-state index in [9.17, 15) is 4.79 Å². The third-order valence-corrected chi connectivity index (χ3v) is 5.87. The number of likely N-dealkylation sites (N-methyl/N-ethyl adjacent to an activating group) is 1. The summed E-state index contributed by atoms with van der Waals surface area (Å²) in [7, 11) is 4.08. The monoisotopic (exact) mass is 387 g/mol. The number of benzene rings is 1. The van der Waals surface area contributed by atoms with Gasteiger partial charge >= 0.3 is 0 Å². The average molecular weight is 388 g/mol. The zero-order valence-corrected chi connectivity index (χ0v) is 19.1. The fraction of sp³-hybridized carbons (Fsp3) is 0.731. The van der Waals surface area contributed by atoms with Gasteiger partial charge < -0.3 is 0 Å². The molecule has 0 amide bonds. The summed E-state index contributed by atoms with van der Waals surface area (Å²) in [6.07, 6.45) is 16.3. The van der Waals surface area contributed by atoms with Gasteiger partial charge in [0.05, 0.1) is 6.04 Å². The molecule has 0 spiro atoms. The Bertz CT molecular complexity index is 496. The minimum Gasteiger partial charge on any atom is -0.297 e. The zero-order chi connectivity index (χ0) is 20.6. The number of hydrogen-bond acceptors (Lipinski definition) is 2. The van der Waals surface area contributed by atoms with E-state index in [4.69, 9.17) is 0 Å². The van der Waals surface area contributed by atoms with Gasteiger partial charge in [-0.25, -0.2) is 0 Å². The maximum Gasteiger partial charge on any atom is 0.157 e. The molecule has 160 valence electrons. The highest BCUT2D eigenvalue weighted by Gasteiger charge is 2.29. The first-order valence-corrected chi connectivity index (χ1v) is 11.9. The van der Waals surface area contributed by atoms with Crippen LogP contribution in [0.3, 0.4) is 0 Å². The Kier molecular flexibility index (Phi) is 14.0. The average Bonchev–Trinajstić information content (AvgIpc) is 2.69. The van der Waals surface area contributed by atoms with Crippen LogP contribution < -0.4 is 0 Å². The number of rotatable bonds is 17. The number of Topliss-reactive ketones (excluding diaryl/α,β-unsaturated/α-hetero) is 1. The van der Waals surface area contributed by atoms with Crippen LogP contribution in [-0.2, 0) is 4.79 Å². The number of nitrogens with zero attached hydrogens (tertiary/aromatic N) is 1. The Labute approximate surface area is 175 Å². The van der Waals surface area contributed by atoms with E-state index < -0.39 is 0 Å². The summed E-state index contributed by atoms with van der Waals surface area (Å²) in [6, 6.07) is 10.2. The van der Waals surface area contributed by atoms with Crippen LogP contribution >= 0.6 is 0 Å². The summed E-state index contributed by atoms with van der Waals surface area (Å²) in [5.41, 5.74) is 1.14. The molecular formula is C26H45NO. The Morgan fingerprint density at radius 3 is 1.68 bits per heavy atom. The van der Waals surface area contributed by atoms with Gasteiger partial charge in [0.2, 0.25) is 0 Å². The third kappa shape index (κ3) is 9.87. The molecule has 0 saturated carbocycles. The Morgan fingerprint density at radius 2 is 1.21 bits per heavy atom. The number of ketones is 1. The summed E-state index contributed by atoms with van der Waals surface area (Å²) in [5, 5.41) is 0. The first-order valence-electron chi connectivity index (χ1n) is 11.9. The quantitative estimate of drug-likeness (QED) is 0.257. The van der Waals surface area contributed by atoms with Gasteiger partial charge in [0.15, 0.2) is 5.78 Å². The summed E-state index contributed by atoms with van der Waals surface area (Å²) < 4.78 is 0. The minimum atomic E-state index is -0.109. The maximum atomic E-state index is 13.5. The molecule has 0 aromatic heterocycles. The highest BCUT2D eigenvalue weighted by atomic mass is 16.1. The van der Waals surface area contributed by atoms with Crippen molar-refractivity contribution < 1.29 is 4.79 Å². The van der Waals surface area contributed by atoms with Crippen LogP contribution in [0.25, 0.3) is 0 Å². The van der Waals surface area contributed by atoms with Crippen LogP contribution in [0.4, 0.5) is 0 Å². The molecule has 1 aromatic carbocycles. The topological polar surface area (TPSA) is 20.3 Å². The maximum absolute atomic E-state index is 13.5. The predicted octanol–water partition coefficient (Wildman–Crippen LogP) is 7.59. The van der Waals surface area contributed by atoms with Gasteiger partial charge in [-0.2, -0.15) is 0 Å². The van der Waals surface area contributed by atoms with Gasteiger partial charge in [0.25, 0.3) is 0 Å². The largest absolute Gasteiger partial charge is 0.297 e. The number of carbonyl (C=O) groups is 1. The lowest BCUT2D eigenvalue weighted by Crippen LogP contribution is -2.32. The standard InChI is InChI=1S/C26H45NO/c1-5-7-9-11-13-16-22-24(21-15-12-10-8-6-2)26(28)25(27(3)4)23-19-17-14-18-20-23/h14,17-20,24-25H,5-13,15-16,21-22H2,1-4H3/t24?,25-/m0/s1. The van der Waals surface area contributed by atoms with Crippen LogP contribution in [0.15, 0.2) is 30.3 Å². The van der Waals surface area contributed by atoms with Crippen molar-refractivity contribution >= 4 is 5.78 Å². The Hall–Kier alpha value is -1.15. The first-order chi connectivity index (χ1) is 13.6. The van der Waals surface area contributed by atoms with Crippen LogP contribution in [0.1, 0.15) is 109 Å². The van der Waals surface area contributed by atoms with Gasteiger partial charge in [-0.15, -0.1) is 0 Å². The second kappa shape index (κ2) is 15.7. The highest BCUT2D eigenvalue weighted by Crippen LogP contribution is 2.29. The van der Waals surface area contributed by atoms with E-state index in [0.717, 1.165) is 18.4 Å². The summed E-state index contributed by atoms with van der Waals surface area (Å²) >= 11 is 0. The molecule has 2 heteroatoms. The van der Waals surface area contributed by atoms with Crippen molar-refractivity contribution in [2.75, 3.05) is 14.1 Å². The Balaban J connectivity index is 2.68. The van der Waals surface area contributed by atoms with Crippen LogP contribution in [0.2, 0.25) is 0 Å². The van der Waals surface area contributed by atoms with Crippen LogP contribution in [-0.4, -0.2) is 24.8 Å². The van der Waals surface area contributed by atoms with Gasteiger partial charge in [-0.05, 0) is 32.5 Å². The second-order valence-corrected chi connectivity index (χ2v) is 8.64. The summed E-state index contributed by atoms with van der Waals surface area (Å²) in [4.78, 5) is 15.6. The molecule has 0 N–H and O–H groups in total. The van der Waals surface area contributed by atoms with E-state index in [0.29, 0.717) is 5.78 Å². The van der Waals surface area contributed by atoms with Crippen molar-refractivity contribution in [1.29, 1.82) is 0 Å². The lowest BCUT2D eigenvalue weighted by molar-refractivity contribution is -0.128. The molecule has 0 bridgehead atoms. The van der Waals surface area contributed by atoms with E-state index >= 15 is 0 Å². The third-order valence-electron chi connectivity index (χ3n) is 5.87. The molecule has 0 saturated heterocycles. The van der Waals surface area contributed by atoms with Crippen molar-refractivity contribution in [3.05, 3.63) is 35.9 Å². The van der Waals surface area contributed by atoms with Crippen molar-refractivity contribution in [2.24, 2.45) is 5.92 Å². The van der Waals surface area contributed by atoms with Gasteiger partial charge in [-0.1, -0.05) is 115 Å². The van der Waals surface area contributed by atoms with Crippen molar-refractivity contribution in [3.8, 4) is 0 Å². The molecule has 0 aliphatic rings. The lowest BCUT2D eigenvalue weighted by Gasteiger charge is -2.28. The van der Waals surface area contributed by atoms with Crippen molar-refractivity contribution in [1.82, 2.24) is 4.90 Å². The number of hydrogen-bond donors (Lipinski definition) is 0. The van der Waals surface area contributed by atoms with Gasteiger partial charge in [-0.3, -0.25) is 9.69 Å². The van der Waals surface area contributed by atoms with E-state index in [1.807, 2.05) is 32.3 Å². The molecule has 28 heavy (non-hydrogen) atoms. The van der Waals surface area contributed by atoms with Crippen LogP contribution in [0, 0.1) is 5.92 Å². The molecule has 1 unspecified atom stereocenters. The van der Waals surface area contributed by atoms with Gasteiger partial charge in [0, 0.05) is 5.92 Å². The normalized spacial score (nSPS) is 13.6. The molecule has 2 nitrogen and oxygen atoms in total. The van der Waals surface area contributed by atoms with E-state index in [2.05, 4.69) is 30.9 Å². The summed E-state index contributed by atoms with van der Waals surface area (Å²) in [6.45, 7) is 4.52. The van der Waals surface area contributed by atoms with Gasteiger partial charge in [0.1, 0.15) is 0 Å². The second-order valence-electron chi connectivity index (χ2n) is 8.64. The fourth-order valence-electron chi connectivity index (χ4n) is 4.17. The number of unbranched alkanes of at least 4 members (excludes halogenated alkanes) is 9. The molecule has 0 heterocycles. The highest BCUT2D eigenvalue weighted by molar-refractivity contribution is 5.87. The van der Waals surface area contributed by atoms with Crippen molar-refractivity contribution in [2.45, 2.75) is 103 Å². The molecular weight excluding hydrogens is 342 g/mol. The molecule has 0 radical (unpaired) electrons. The molecule has 0 fully saturated rings. The molecule has 2 atom stereocenters. The predicted molar refractivity (Wildman–Crippen MR) is 123 cm³/mol. The molecule has 0 aliphatic carbocycles. The first kappa shape index (κ1) is 24.9. The smallest absolute Gasteiger partial charge is 0.157 e. The number of carbonyl (C=O) groups excluding carboxylic acids is 1. The summed E-state index contributed by atoms with van der Waals surface area (Å²) in [5.74, 6) is 0.639. The van der Waals surface area contributed by atoms with Crippen LogP contribution in [0.5, 0.6) is 0 Å². The Morgan fingerprint density at radius 1 is 0.750 bits per heavy atom. The van der Waals surface area contributed by atoms with E-state index in [-0.39, 0.29) is 12.0 Å². The molecule has 0 aliphatic heterocycles. The fourth-order valence-corrected chi connectivity index (χ4v) is 4.17. The molecule has 1 rings (SSSR count). The SMILES string of the molecule is CCCCCCCCC(CCCCCCC)C(=O)[C@H](c1ccccc1)N(C)C. The van der Waals surface area contributed by atoms with Crippen molar-refractivity contribution in [3.63, 3.8) is 0 Å².